The lowest BCUT2D eigenvalue weighted by Crippen LogP contribution is -2.64. The summed E-state index contributed by atoms with van der Waals surface area (Å²) in [6.07, 6.45) is -0.107. The van der Waals surface area contributed by atoms with Crippen molar-refractivity contribution in [1.82, 2.24) is 0 Å². The van der Waals surface area contributed by atoms with Gasteiger partial charge < -0.3 is 19.8 Å². The monoisotopic (exact) mass is 240 g/mol. The fraction of sp³-hybridized carbons (Fsp3) is 1.00. The minimum absolute atomic E-state index is 0.278. The molecule has 0 rings (SSSR count). The zero-order chi connectivity index (χ0) is 12.3. The Bertz CT molecular complexity index is 199. The van der Waals surface area contributed by atoms with Crippen LogP contribution in [0.2, 0.25) is 0 Å². The molecular weight excluding hydrogens is 218 g/mol. The molecule has 5 heteroatoms. The molecule has 0 aromatic rings. The van der Waals surface area contributed by atoms with Crippen LogP contribution in [0, 0.1) is 0 Å². The lowest BCUT2D eigenvalue weighted by Gasteiger charge is -2.47. The molecule has 3 N–H and O–H groups in total. The smallest absolute Gasteiger partial charge is 0.182 e. The molecule has 0 aromatic carbocycles. The van der Waals surface area contributed by atoms with Gasteiger partial charge in [0.05, 0.1) is 20.7 Å². The summed E-state index contributed by atoms with van der Waals surface area (Å²) in [5.41, 5.74) is -1.53. The number of likely N-dealkylation sites (N-methyl/N-ethyl adjacent to an activating group) is 1. The molecule has 92 valence electrons. The summed E-state index contributed by atoms with van der Waals surface area (Å²) in [6, 6.07) is 0. The molecule has 0 radical (unpaired) electrons. The largest absolute Gasteiger partial charge is 0.393 e. The highest BCUT2D eigenvalue weighted by atomic mass is 35.5. The van der Waals surface area contributed by atoms with Crippen molar-refractivity contribution >= 4 is 11.6 Å². The molecule has 0 saturated carbocycles. The third-order valence-electron chi connectivity index (χ3n) is 3.49. The van der Waals surface area contributed by atoms with E-state index in [2.05, 4.69) is 0 Å². The highest BCUT2D eigenvalue weighted by Crippen LogP contribution is 2.30. The van der Waals surface area contributed by atoms with Crippen LogP contribution in [-0.4, -0.2) is 64.3 Å². The molecule has 0 aliphatic carbocycles. The van der Waals surface area contributed by atoms with Crippen LogP contribution in [-0.2, 0) is 0 Å². The fourth-order valence-electron chi connectivity index (χ4n) is 1.68. The summed E-state index contributed by atoms with van der Waals surface area (Å²) < 4.78 is 0.357. The van der Waals surface area contributed by atoms with Gasteiger partial charge in [-0.25, -0.2) is 0 Å². The number of nitrogens with zero attached hydrogens (tertiary/aromatic N) is 1. The topological polar surface area (TPSA) is 60.7 Å². The standard InChI is InChI=1S/C10H23ClNO3/c1-5-10(2,9(11)15)12(3,4)6-8(14)7-13/h8-9,13-15H,5-7H2,1-4H3/q+1. The number of aliphatic hydroxyl groups is 3. The molecule has 0 aliphatic heterocycles. The van der Waals surface area contributed by atoms with Gasteiger partial charge in [0.1, 0.15) is 18.2 Å². The Morgan fingerprint density at radius 3 is 2.07 bits per heavy atom. The van der Waals surface area contributed by atoms with E-state index in [1.54, 1.807) is 0 Å². The number of hydrogen-bond donors (Lipinski definition) is 3. The molecule has 0 saturated heterocycles. The van der Waals surface area contributed by atoms with Crippen LogP contribution in [0.4, 0.5) is 0 Å². The van der Waals surface area contributed by atoms with Crippen LogP contribution in [0.15, 0.2) is 0 Å². The lowest BCUT2D eigenvalue weighted by atomic mass is 9.94. The van der Waals surface area contributed by atoms with Crippen molar-refractivity contribution in [2.45, 2.75) is 37.5 Å². The first-order valence-corrected chi connectivity index (χ1v) is 5.59. The Labute approximate surface area is 96.7 Å². The second-order valence-corrected chi connectivity index (χ2v) is 5.16. The van der Waals surface area contributed by atoms with Crippen LogP contribution >= 0.6 is 11.6 Å². The van der Waals surface area contributed by atoms with Gasteiger partial charge in [0.2, 0.25) is 0 Å². The number of hydrogen-bond acceptors (Lipinski definition) is 3. The van der Waals surface area contributed by atoms with Crippen LogP contribution in [0.3, 0.4) is 0 Å². The molecule has 3 atom stereocenters. The fourth-order valence-corrected chi connectivity index (χ4v) is 2.10. The Kier molecular flexibility index (Phi) is 5.50. The average Bonchev–Trinajstić information content (AvgIpc) is 2.14. The predicted molar refractivity (Wildman–Crippen MR) is 60.6 cm³/mol. The van der Waals surface area contributed by atoms with E-state index in [1.165, 1.54) is 0 Å². The van der Waals surface area contributed by atoms with E-state index in [9.17, 15) is 10.2 Å². The Morgan fingerprint density at radius 2 is 1.80 bits per heavy atom. The van der Waals surface area contributed by atoms with E-state index in [4.69, 9.17) is 16.7 Å². The van der Waals surface area contributed by atoms with Gasteiger partial charge in [-0.15, -0.1) is 0 Å². The zero-order valence-corrected chi connectivity index (χ0v) is 10.7. The highest BCUT2D eigenvalue weighted by molar-refractivity contribution is 6.20. The van der Waals surface area contributed by atoms with Crippen molar-refractivity contribution < 1.29 is 19.8 Å². The Morgan fingerprint density at radius 1 is 1.33 bits per heavy atom. The molecule has 0 bridgehead atoms. The van der Waals surface area contributed by atoms with Crippen molar-refractivity contribution in [3.63, 3.8) is 0 Å². The minimum Gasteiger partial charge on any atom is -0.393 e. The van der Waals surface area contributed by atoms with Gasteiger partial charge in [-0.2, -0.15) is 0 Å². The number of alkyl halides is 1. The van der Waals surface area contributed by atoms with Crippen LogP contribution < -0.4 is 0 Å². The quantitative estimate of drug-likeness (QED) is 0.457. The van der Waals surface area contributed by atoms with Crippen molar-refractivity contribution in [2.24, 2.45) is 0 Å². The number of quaternary nitrogens is 1. The average molecular weight is 241 g/mol. The van der Waals surface area contributed by atoms with Gasteiger partial charge in [-0.1, -0.05) is 18.5 Å². The Balaban J connectivity index is 4.80. The van der Waals surface area contributed by atoms with Gasteiger partial charge >= 0.3 is 0 Å². The second-order valence-electron chi connectivity index (χ2n) is 4.75. The van der Waals surface area contributed by atoms with Crippen molar-refractivity contribution in [1.29, 1.82) is 0 Å². The SMILES string of the molecule is CCC(C)(C(O)Cl)[N+](C)(C)CC(O)CO. The maximum absolute atomic E-state index is 9.60. The van der Waals surface area contributed by atoms with Gasteiger partial charge in [-0.3, -0.25) is 0 Å². The molecule has 0 aliphatic rings. The van der Waals surface area contributed by atoms with E-state index in [1.807, 2.05) is 27.9 Å². The molecule has 0 heterocycles. The van der Waals surface area contributed by atoms with E-state index in [0.29, 0.717) is 17.4 Å². The molecule has 0 spiro atoms. The molecule has 15 heavy (non-hydrogen) atoms. The number of aliphatic hydroxyl groups excluding tert-OH is 3. The van der Waals surface area contributed by atoms with Crippen molar-refractivity contribution in [3.8, 4) is 0 Å². The van der Waals surface area contributed by atoms with Gasteiger partial charge in [0.15, 0.2) is 5.56 Å². The van der Waals surface area contributed by atoms with Gasteiger partial charge in [0, 0.05) is 6.42 Å². The first kappa shape index (κ1) is 15.1. The number of rotatable bonds is 6. The van der Waals surface area contributed by atoms with Crippen molar-refractivity contribution in [2.75, 3.05) is 27.2 Å². The molecule has 0 fully saturated rings. The van der Waals surface area contributed by atoms with Crippen LogP contribution in [0.1, 0.15) is 20.3 Å². The summed E-state index contributed by atoms with van der Waals surface area (Å²) in [4.78, 5) is 0. The molecule has 4 nitrogen and oxygen atoms in total. The summed E-state index contributed by atoms with van der Waals surface area (Å²) >= 11 is 5.79. The number of halogens is 1. The van der Waals surface area contributed by atoms with E-state index in [0.717, 1.165) is 0 Å². The summed E-state index contributed by atoms with van der Waals surface area (Å²) in [7, 11) is 3.77. The summed E-state index contributed by atoms with van der Waals surface area (Å²) in [6.45, 7) is 3.89. The van der Waals surface area contributed by atoms with E-state index >= 15 is 0 Å². The van der Waals surface area contributed by atoms with Crippen LogP contribution in [0.25, 0.3) is 0 Å². The second kappa shape index (κ2) is 5.46. The maximum atomic E-state index is 9.60. The minimum atomic E-state index is -0.983. The third kappa shape index (κ3) is 3.29. The molecule has 0 amide bonds. The van der Waals surface area contributed by atoms with Gasteiger partial charge in [-0.05, 0) is 6.92 Å². The first-order valence-electron chi connectivity index (χ1n) is 5.15. The zero-order valence-electron chi connectivity index (χ0n) is 9.94. The van der Waals surface area contributed by atoms with E-state index < -0.39 is 17.2 Å². The lowest BCUT2D eigenvalue weighted by molar-refractivity contribution is -0.945. The third-order valence-corrected chi connectivity index (χ3v) is 3.96. The van der Waals surface area contributed by atoms with Gasteiger partial charge in [0.25, 0.3) is 0 Å². The van der Waals surface area contributed by atoms with Crippen molar-refractivity contribution in [3.05, 3.63) is 0 Å². The Hall–Kier alpha value is 0.130. The molecular formula is C10H23ClNO3+. The van der Waals surface area contributed by atoms with E-state index in [-0.39, 0.29) is 6.61 Å². The first-order chi connectivity index (χ1) is 6.71. The summed E-state index contributed by atoms with van der Waals surface area (Å²) in [5, 5.41) is 27.9. The van der Waals surface area contributed by atoms with Crippen LogP contribution in [0.5, 0.6) is 0 Å². The molecule has 3 unspecified atom stereocenters. The normalized spacial score (nSPS) is 20.8. The highest BCUT2D eigenvalue weighted by Gasteiger charge is 2.45. The molecule has 0 aromatic heterocycles. The summed E-state index contributed by atoms with van der Waals surface area (Å²) in [5.74, 6) is 0. The maximum Gasteiger partial charge on any atom is 0.182 e. The predicted octanol–water partition coefficient (Wildman–Crippen LogP) is 0.142.